The fourth-order valence-electron chi connectivity index (χ4n) is 1.87. The van der Waals surface area contributed by atoms with E-state index in [0.717, 1.165) is 22.6 Å². The molecule has 0 amide bonds. The normalized spacial score (nSPS) is 11.0. The Morgan fingerprint density at radius 2 is 2.29 bits per heavy atom. The Labute approximate surface area is 105 Å². The number of rotatable bonds is 5. The van der Waals surface area contributed by atoms with E-state index < -0.39 is 0 Å². The average molecular weight is 255 g/mol. The van der Waals surface area contributed by atoms with Crippen LogP contribution in [0, 0.1) is 0 Å². The third-order valence-electron chi connectivity index (χ3n) is 2.55. The molecule has 92 valence electrons. The summed E-state index contributed by atoms with van der Waals surface area (Å²) in [6.07, 6.45) is 0. The summed E-state index contributed by atoms with van der Waals surface area (Å²) >= 11 is 5.84. The van der Waals surface area contributed by atoms with Crippen LogP contribution in [0.2, 0.25) is 0 Å². The number of benzene rings is 1. The molecule has 0 saturated carbocycles. The highest BCUT2D eigenvalue weighted by atomic mass is 35.5. The lowest BCUT2D eigenvalue weighted by Crippen LogP contribution is -2.05. The molecule has 0 saturated heterocycles. The van der Waals surface area contributed by atoms with Crippen LogP contribution in [0.1, 0.15) is 12.7 Å². The summed E-state index contributed by atoms with van der Waals surface area (Å²) in [5, 5.41) is 9.04. The predicted octanol–water partition coefficient (Wildman–Crippen LogP) is 2.17. The molecule has 1 aromatic carbocycles. The molecule has 0 atom stereocenters. The van der Waals surface area contributed by atoms with Gasteiger partial charge in [-0.05, 0) is 19.1 Å². The van der Waals surface area contributed by atoms with E-state index in [-0.39, 0.29) is 6.61 Å². The van der Waals surface area contributed by atoms with Gasteiger partial charge in [-0.15, -0.1) is 11.6 Å². The van der Waals surface area contributed by atoms with Gasteiger partial charge in [0.15, 0.2) is 0 Å². The molecule has 0 aliphatic heterocycles. The lowest BCUT2D eigenvalue weighted by atomic mass is 10.3. The van der Waals surface area contributed by atoms with Crippen LogP contribution in [-0.4, -0.2) is 27.9 Å². The molecule has 1 N–H and O–H groups in total. The van der Waals surface area contributed by atoms with E-state index in [1.54, 1.807) is 0 Å². The van der Waals surface area contributed by atoms with Gasteiger partial charge in [0, 0.05) is 12.6 Å². The van der Waals surface area contributed by atoms with Crippen molar-refractivity contribution in [1.29, 1.82) is 0 Å². The molecule has 0 bridgehead atoms. The molecular weight excluding hydrogens is 240 g/mol. The minimum atomic E-state index is 0.0720. The monoisotopic (exact) mass is 254 g/mol. The molecule has 5 heteroatoms. The van der Waals surface area contributed by atoms with Gasteiger partial charge in [-0.2, -0.15) is 0 Å². The summed E-state index contributed by atoms with van der Waals surface area (Å²) in [6.45, 7) is 3.15. The van der Waals surface area contributed by atoms with Crippen molar-refractivity contribution in [2.45, 2.75) is 19.3 Å². The van der Waals surface area contributed by atoms with E-state index in [1.165, 1.54) is 0 Å². The quantitative estimate of drug-likeness (QED) is 0.832. The second-order valence-electron chi connectivity index (χ2n) is 3.62. The van der Waals surface area contributed by atoms with E-state index in [0.29, 0.717) is 19.0 Å². The minimum Gasteiger partial charge on any atom is -0.494 e. The zero-order valence-corrected chi connectivity index (χ0v) is 10.4. The van der Waals surface area contributed by atoms with Crippen molar-refractivity contribution >= 4 is 22.6 Å². The molecule has 4 nitrogen and oxygen atoms in total. The van der Waals surface area contributed by atoms with Crippen molar-refractivity contribution in [3.63, 3.8) is 0 Å². The number of hydrogen-bond acceptors (Lipinski definition) is 3. The second kappa shape index (κ2) is 5.38. The number of aliphatic hydroxyl groups is 1. The van der Waals surface area contributed by atoms with Gasteiger partial charge in [0.1, 0.15) is 11.6 Å². The Morgan fingerprint density at radius 1 is 1.47 bits per heavy atom. The predicted molar refractivity (Wildman–Crippen MR) is 67.5 cm³/mol. The van der Waals surface area contributed by atoms with E-state index in [2.05, 4.69) is 4.98 Å². The zero-order chi connectivity index (χ0) is 12.3. The molecule has 2 aromatic rings. The smallest absolute Gasteiger partial charge is 0.124 e. The van der Waals surface area contributed by atoms with Crippen LogP contribution >= 0.6 is 11.6 Å². The fraction of sp³-hybridized carbons (Fsp3) is 0.417. The van der Waals surface area contributed by atoms with Crippen molar-refractivity contribution in [2.24, 2.45) is 0 Å². The first-order chi connectivity index (χ1) is 8.30. The molecule has 0 radical (unpaired) electrons. The molecule has 1 aromatic heterocycles. The van der Waals surface area contributed by atoms with Gasteiger partial charge in [0.05, 0.1) is 30.1 Å². The Bertz CT molecular complexity index is 510. The third-order valence-corrected chi connectivity index (χ3v) is 2.79. The average Bonchev–Trinajstić information content (AvgIpc) is 2.68. The van der Waals surface area contributed by atoms with Gasteiger partial charge < -0.3 is 14.4 Å². The SMILES string of the molecule is CCOc1ccc2c(c1)nc(CCl)n2CCO. The Kier molecular flexibility index (Phi) is 3.86. The standard InChI is InChI=1S/C12H15ClN2O2/c1-2-17-9-3-4-11-10(7-9)14-12(8-13)15(11)5-6-16/h3-4,7,16H,2,5-6,8H2,1H3. The van der Waals surface area contributed by atoms with Crippen LogP contribution in [0.5, 0.6) is 5.75 Å². The lowest BCUT2D eigenvalue weighted by Gasteiger charge is -2.05. The molecular formula is C12H15ClN2O2. The number of fused-ring (bicyclic) bond motifs is 1. The van der Waals surface area contributed by atoms with Crippen molar-refractivity contribution < 1.29 is 9.84 Å². The van der Waals surface area contributed by atoms with Gasteiger partial charge in [0.2, 0.25) is 0 Å². The van der Waals surface area contributed by atoms with Crippen LogP contribution in [0.15, 0.2) is 18.2 Å². The van der Waals surface area contributed by atoms with Gasteiger partial charge in [0.25, 0.3) is 0 Å². The lowest BCUT2D eigenvalue weighted by molar-refractivity contribution is 0.276. The molecule has 0 unspecified atom stereocenters. The zero-order valence-electron chi connectivity index (χ0n) is 9.69. The van der Waals surface area contributed by atoms with Gasteiger partial charge in [-0.25, -0.2) is 4.98 Å². The summed E-state index contributed by atoms with van der Waals surface area (Å²) in [4.78, 5) is 4.43. The van der Waals surface area contributed by atoms with Crippen molar-refractivity contribution in [3.05, 3.63) is 24.0 Å². The van der Waals surface area contributed by atoms with Crippen LogP contribution in [-0.2, 0) is 12.4 Å². The first-order valence-electron chi connectivity index (χ1n) is 5.59. The number of imidazole rings is 1. The fourth-order valence-corrected chi connectivity index (χ4v) is 2.07. The number of alkyl halides is 1. The van der Waals surface area contributed by atoms with E-state index in [4.69, 9.17) is 21.4 Å². The maximum Gasteiger partial charge on any atom is 0.124 e. The van der Waals surface area contributed by atoms with E-state index in [1.807, 2.05) is 29.7 Å². The highest BCUT2D eigenvalue weighted by Gasteiger charge is 2.10. The Hall–Kier alpha value is -1.26. The van der Waals surface area contributed by atoms with E-state index in [9.17, 15) is 0 Å². The number of aromatic nitrogens is 2. The Balaban J connectivity index is 2.49. The van der Waals surface area contributed by atoms with E-state index >= 15 is 0 Å². The number of ether oxygens (including phenoxy) is 1. The van der Waals surface area contributed by atoms with Crippen LogP contribution in [0.25, 0.3) is 11.0 Å². The van der Waals surface area contributed by atoms with Gasteiger partial charge in [-0.3, -0.25) is 0 Å². The highest BCUT2D eigenvalue weighted by Crippen LogP contribution is 2.22. The Morgan fingerprint density at radius 3 is 2.94 bits per heavy atom. The largest absolute Gasteiger partial charge is 0.494 e. The van der Waals surface area contributed by atoms with Gasteiger partial charge in [-0.1, -0.05) is 0 Å². The number of nitrogens with zero attached hydrogens (tertiary/aromatic N) is 2. The van der Waals surface area contributed by atoms with Crippen molar-refractivity contribution in [3.8, 4) is 5.75 Å². The summed E-state index contributed by atoms with van der Waals surface area (Å²) in [5.41, 5.74) is 1.82. The topological polar surface area (TPSA) is 47.3 Å². The molecule has 1 heterocycles. The summed E-state index contributed by atoms with van der Waals surface area (Å²) in [6, 6.07) is 5.74. The summed E-state index contributed by atoms with van der Waals surface area (Å²) in [5.74, 6) is 1.90. The van der Waals surface area contributed by atoms with Crippen molar-refractivity contribution in [1.82, 2.24) is 9.55 Å². The van der Waals surface area contributed by atoms with Crippen molar-refractivity contribution in [2.75, 3.05) is 13.2 Å². The first kappa shape index (κ1) is 12.2. The van der Waals surface area contributed by atoms with Crippen LogP contribution in [0.3, 0.4) is 0 Å². The van der Waals surface area contributed by atoms with Crippen LogP contribution in [0.4, 0.5) is 0 Å². The molecule has 2 rings (SSSR count). The molecule has 0 fully saturated rings. The molecule has 0 spiro atoms. The molecule has 17 heavy (non-hydrogen) atoms. The minimum absolute atomic E-state index is 0.0720. The third kappa shape index (κ3) is 2.37. The summed E-state index contributed by atoms with van der Waals surface area (Å²) in [7, 11) is 0. The maximum atomic E-state index is 9.04. The number of aliphatic hydroxyl groups excluding tert-OH is 1. The maximum absolute atomic E-state index is 9.04. The highest BCUT2D eigenvalue weighted by molar-refractivity contribution is 6.16. The number of hydrogen-bond donors (Lipinski definition) is 1. The number of halogens is 1. The van der Waals surface area contributed by atoms with Crippen LogP contribution < -0.4 is 4.74 Å². The second-order valence-corrected chi connectivity index (χ2v) is 3.89. The first-order valence-corrected chi connectivity index (χ1v) is 6.12. The molecule has 0 aliphatic carbocycles. The van der Waals surface area contributed by atoms with Gasteiger partial charge >= 0.3 is 0 Å². The summed E-state index contributed by atoms with van der Waals surface area (Å²) < 4.78 is 7.35. The molecule has 0 aliphatic rings.